The summed E-state index contributed by atoms with van der Waals surface area (Å²) in [5, 5.41) is 12.2. The molecular formula is C15H17F3N2. The number of nitrogens with zero attached hydrogens (tertiary/aromatic N) is 1. The summed E-state index contributed by atoms with van der Waals surface area (Å²) in [6.45, 7) is 4.33. The first-order chi connectivity index (χ1) is 9.31. The third-order valence-electron chi connectivity index (χ3n) is 3.94. The summed E-state index contributed by atoms with van der Waals surface area (Å²) in [6.07, 6.45) is -2.41. The van der Waals surface area contributed by atoms with Gasteiger partial charge < -0.3 is 5.32 Å². The van der Waals surface area contributed by atoms with Gasteiger partial charge in [-0.2, -0.15) is 18.4 Å². The maximum Gasteiger partial charge on any atom is 0.416 e. The smallest absolute Gasteiger partial charge is 0.381 e. The Labute approximate surface area is 116 Å². The van der Waals surface area contributed by atoms with Gasteiger partial charge in [0.15, 0.2) is 0 Å². The fourth-order valence-electron chi connectivity index (χ4n) is 2.48. The molecule has 20 heavy (non-hydrogen) atoms. The summed E-state index contributed by atoms with van der Waals surface area (Å²) >= 11 is 0. The monoisotopic (exact) mass is 282 g/mol. The number of nitrogens with one attached hydrogen (secondary N) is 1. The lowest BCUT2D eigenvalue weighted by Crippen LogP contribution is -2.38. The van der Waals surface area contributed by atoms with E-state index in [9.17, 15) is 13.2 Å². The number of alkyl halides is 3. The van der Waals surface area contributed by atoms with Crippen molar-refractivity contribution in [3.63, 3.8) is 0 Å². The number of rotatable bonds is 3. The van der Waals surface area contributed by atoms with Crippen LogP contribution < -0.4 is 5.32 Å². The first-order valence-corrected chi connectivity index (χ1v) is 6.69. The minimum Gasteiger partial charge on any atom is -0.381 e. The molecule has 1 N–H and O–H groups in total. The standard InChI is InChI=1S/C15H17F3N2/c1-9(2)10-6-13(7-10)20-14-4-3-12(15(16,17)18)5-11(14)8-19/h3-5,9-10,13,20H,6-7H2,1-2H3. The van der Waals surface area contributed by atoms with Gasteiger partial charge in [0, 0.05) is 6.04 Å². The lowest BCUT2D eigenvalue weighted by atomic mass is 9.73. The van der Waals surface area contributed by atoms with Crippen LogP contribution in [0.4, 0.5) is 18.9 Å². The van der Waals surface area contributed by atoms with Gasteiger partial charge in [-0.1, -0.05) is 13.8 Å². The second-order valence-corrected chi connectivity index (χ2v) is 5.69. The van der Waals surface area contributed by atoms with Gasteiger partial charge in [0.05, 0.1) is 16.8 Å². The maximum atomic E-state index is 12.6. The molecule has 1 aliphatic carbocycles. The Morgan fingerprint density at radius 3 is 2.45 bits per heavy atom. The van der Waals surface area contributed by atoms with Crippen molar-refractivity contribution >= 4 is 5.69 Å². The zero-order chi connectivity index (χ0) is 14.9. The third kappa shape index (κ3) is 3.06. The van der Waals surface area contributed by atoms with Crippen LogP contribution in [0.1, 0.15) is 37.8 Å². The van der Waals surface area contributed by atoms with Gasteiger partial charge in [-0.25, -0.2) is 0 Å². The number of halogens is 3. The van der Waals surface area contributed by atoms with Crippen LogP contribution in [0.15, 0.2) is 18.2 Å². The molecule has 2 nitrogen and oxygen atoms in total. The molecule has 0 amide bonds. The van der Waals surface area contributed by atoms with Crippen molar-refractivity contribution in [3.8, 4) is 6.07 Å². The number of nitriles is 1. The van der Waals surface area contributed by atoms with Crippen molar-refractivity contribution in [3.05, 3.63) is 29.3 Å². The van der Waals surface area contributed by atoms with E-state index in [1.54, 1.807) is 0 Å². The quantitative estimate of drug-likeness (QED) is 0.890. The molecule has 0 bridgehead atoms. The molecule has 0 aliphatic heterocycles. The topological polar surface area (TPSA) is 35.8 Å². The molecule has 5 heteroatoms. The summed E-state index contributed by atoms with van der Waals surface area (Å²) in [5.74, 6) is 1.28. The van der Waals surface area contributed by atoms with Crippen LogP contribution in [0.3, 0.4) is 0 Å². The molecular weight excluding hydrogens is 265 g/mol. The van der Waals surface area contributed by atoms with Crippen LogP contribution in [0.2, 0.25) is 0 Å². The molecule has 108 valence electrons. The molecule has 1 aromatic carbocycles. The summed E-state index contributed by atoms with van der Waals surface area (Å²) in [5.41, 5.74) is -0.242. The van der Waals surface area contributed by atoms with Crippen molar-refractivity contribution < 1.29 is 13.2 Å². The average molecular weight is 282 g/mol. The minimum absolute atomic E-state index is 0.0489. The van der Waals surface area contributed by atoms with E-state index in [-0.39, 0.29) is 11.6 Å². The van der Waals surface area contributed by atoms with Crippen LogP contribution >= 0.6 is 0 Å². The van der Waals surface area contributed by atoms with E-state index >= 15 is 0 Å². The molecule has 2 rings (SSSR count). The minimum atomic E-state index is -4.41. The van der Waals surface area contributed by atoms with Crippen LogP contribution in [0, 0.1) is 23.2 Å². The van der Waals surface area contributed by atoms with Gasteiger partial charge in [0.2, 0.25) is 0 Å². The van der Waals surface area contributed by atoms with Crippen molar-refractivity contribution in [1.29, 1.82) is 5.26 Å². The molecule has 1 aliphatic rings. The second kappa shape index (κ2) is 5.35. The Balaban J connectivity index is 2.08. The molecule has 0 unspecified atom stereocenters. The highest BCUT2D eigenvalue weighted by Crippen LogP contribution is 2.37. The van der Waals surface area contributed by atoms with Gasteiger partial charge in [0.25, 0.3) is 0 Å². The number of benzene rings is 1. The Kier molecular flexibility index (Phi) is 3.94. The number of hydrogen-bond donors (Lipinski definition) is 1. The Hall–Kier alpha value is -1.70. The van der Waals surface area contributed by atoms with Crippen molar-refractivity contribution in [2.45, 2.75) is 38.9 Å². The molecule has 0 atom stereocenters. The van der Waals surface area contributed by atoms with E-state index in [1.165, 1.54) is 6.07 Å². The fraction of sp³-hybridized carbons (Fsp3) is 0.533. The normalized spacial score (nSPS) is 22.2. The molecule has 0 aromatic heterocycles. The van der Waals surface area contributed by atoms with Crippen molar-refractivity contribution in [1.82, 2.24) is 0 Å². The summed E-state index contributed by atoms with van der Waals surface area (Å²) in [7, 11) is 0. The highest BCUT2D eigenvalue weighted by Gasteiger charge is 2.33. The number of hydrogen-bond acceptors (Lipinski definition) is 2. The van der Waals surface area contributed by atoms with E-state index in [0.29, 0.717) is 17.5 Å². The fourth-order valence-corrected chi connectivity index (χ4v) is 2.48. The van der Waals surface area contributed by atoms with Gasteiger partial charge in [-0.15, -0.1) is 0 Å². The molecule has 1 saturated carbocycles. The SMILES string of the molecule is CC(C)C1CC(Nc2ccc(C(F)(F)F)cc2C#N)C1. The second-order valence-electron chi connectivity index (χ2n) is 5.69. The number of anilines is 1. The first kappa shape index (κ1) is 14.7. The predicted molar refractivity (Wildman–Crippen MR) is 71.1 cm³/mol. The van der Waals surface area contributed by atoms with Crippen molar-refractivity contribution in [2.75, 3.05) is 5.32 Å². The van der Waals surface area contributed by atoms with Gasteiger partial charge in [-0.05, 0) is 42.9 Å². The van der Waals surface area contributed by atoms with Crippen LogP contribution in [0.25, 0.3) is 0 Å². The molecule has 0 heterocycles. The molecule has 0 saturated heterocycles. The molecule has 0 spiro atoms. The summed E-state index contributed by atoms with van der Waals surface area (Å²) < 4.78 is 37.8. The zero-order valence-electron chi connectivity index (χ0n) is 11.5. The van der Waals surface area contributed by atoms with Gasteiger partial charge in [0.1, 0.15) is 6.07 Å². The van der Waals surface area contributed by atoms with E-state index in [0.717, 1.165) is 25.0 Å². The van der Waals surface area contributed by atoms with Crippen LogP contribution in [-0.2, 0) is 6.18 Å². The largest absolute Gasteiger partial charge is 0.416 e. The van der Waals surface area contributed by atoms with Crippen LogP contribution in [-0.4, -0.2) is 6.04 Å². The predicted octanol–water partition coefficient (Wildman–Crippen LogP) is 4.42. The average Bonchev–Trinajstić information content (AvgIpc) is 2.31. The van der Waals surface area contributed by atoms with E-state index in [4.69, 9.17) is 5.26 Å². The zero-order valence-corrected chi connectivity index (χ0v) is 11.5. The lowest BCUT2D eigenvalue weighted by molar-refractivity contribution is -0.137. The van der Waals surface area contributed by atoms with Crippen molar-refractivity contribution in [2.24, 2.45) is 11.8 Å². The maximum absolute atomic E-state index is 12.6. The Morgan fingerprint density at radius 2 is 1.95 bits per heavy atom. The van der Waals surface area contributed by atoms with E-state index < -0.39 is 11.7 Å². The summed E-state index contributed by atoms with van der Waals surface area (Å²) in [4.78, 5) is 0. The highest BCUT2D eigenvalue weighted by atomic mass is 19.4. The van der Waals surface area contributed by atoms with Gasteiger partial charge in [-0.3, -0.25) is 0 Å². The molecule has 1 fully saturated rings. The third-order valence-corrected chi connectivity index (χ3v) is 3.94. The van der Waals surface area contributed by atoms with Crippen LogP contribution in [0.5, 0.6) is 0 Å². The Morgan fingerprint density at radius 1 is 1.30 bits per heavy atom. The molecule has 1 aromatic rings. The Bertz CT molecular complexity index is 523. The first-order valence-electron chi connectivity index (χ1n) is 6.69. The van der Waals surface area contributed by atoms with E-state index in [1.807, 2.05) is 6.07 Å². The highest BCUT2D eigenvalue weighted by molar-refractivity contribution is 5.59. The summed E-state index contributed by atoms with van der Waals surface area (Å²) in [6, 6.07) is 5.36. The lowest BCUT2D eigenvalue weighted by Gasteiger charge is -2.39. The van der Waals surface area contributed by atoms with E-state index in [2.05, 4.69) is 19.2 Å². The molecule has 0 radical (unpaired) electrons. The van der Waals surface area contributed by atoms with Gasteiger partial charge >= 0.3 is 6.18 Å².